The maximum Gasteiger partial charge on any atom is 0.176 e. The zero-order valence-electron chi connectivity index (χ0n) is 13.5. The minimum absolute atomic E-state index is 0.383. The molecule has 9 heteroatoms. The second-order valence-electron chi connectivity index (χ2n) is 5.26. The van der Waals surface area contributed by atoms with E-state index in [0.717, 1.165) is 16.3 Å². The van der Waals surface area contributed by atoms with Crippen molar-refractivity contribution in [1.82, 2.24) is 19.6 Å². The fourth-order valence-electron chi connectivity index (χ4n) is 2.23. The van der Waals surface area contributed by atoms with Crippen molar-refractivity contribution in [2.24, 2.45) is 0 Å². The van der Waals surface area contributed by atoms with Crippen LogP contribution in [0.3, 0.4) is 0 Å². The monoisotopic (exact) mass is 376 g/mol. The number of nitrogens with one attached hydrogen (secondary N) is 2. The molecule has 0 saturated heterocycles. The molecular formula is C16H17ClN6OS. The second kappa shape index (κ2) is 8.11. The smallest absolute Gasteiger partial charge is 0.176 e. The van der Waals surface area contributed by atoms with Crippen LogP contribution in [0.4, 0.5) is 11.5 Å². The third-order valence-electron chi connectivity index (χ3n) is 3.32. The molecule has 0 atom stereocenters. The maximum atomic E-state index is 6.18. The van der Waals surface area contributed by atoms with Crippen molar-refractivity contribution in [1.29, 1.82) is 0 Å². The summed E-state index contributed by atoms with van der Waals surface area (Å²) in [6, 6.07) is 9.54. The van der Waals surface area contributed by atoms with Gasteiger partial charge in [-0.25, -0.2) is 4.68 Å². The Kier molecular flexibility index (Phi) is 5.64. The van der Waals surface area contributed by atoms with Gasteiger partial charge < -0.3 is 15.4 Å². The van der Waals surface area contributed by atoms with Crippen molar-refractivity contribution in [2.45, 2.75) is 13.3 Å². The molecule has 0 aliphatic carbocycles. The van der Waals surface area contributed by atoms with E-state index in [-0.39, 0.29) is 0 Å². The van der Waals surface area contributed by atoms with E-state index in [1.807, 2.05) is 36.5 Å². The number of aromatic nitrogens is 4. The van der Waals surface area contributed by atoms with Gasteiger partial charge in [0.1, 0.15) is 6.73 Å². The highest BCUT2D eigenvalue weighted by molar-refractivity contribution is 7.80. The molecule has 0 amide bonds. The summed E-state index contributed by atoms with van der Waals surface area (Å²) >= 11 is 11.5. The molecule has 0 fully saturated rings. The van der Waals surface area contributed by atoms with Crippen molar-refractivity contribution in [2.75, 3.05) is 17.7 Å². The Morgan fingerprint density at radius 3 is 2.88 bits per heavy atom. The Morgan fingerprint density at radius 1 is 1.24 bits per heavy atom. The van der Waals surface area contributed by atoms with Crippen molar-refractivity contribution >= 4 is 40.4 Å². The van der Waals surface area contributed by atoms with Gasteiger partial charge in [0.05, 0.1) is 24.6 Å². The quantitative estimate of drug-likeness (QED) is 0.644. The van der Waals surface area contributed by atoms with Gasteiger partial charge >= 0.3 is 0 Å². The highest BCUT2D eigenvalue weighted by Gasteiger charge is 2.06. The Morgan fingerprint density at radius 2 is 2.08 bits per heavy atom. The van der Waals surface area contributed by atoms with Gasteiger partial charge in [-0.2, -0.15) is 10.2 Å². The topological polar surface area (TPSA) is 68.9 Å². The molecule has 0 aliphatic heterocycles. The highest BCUT2D eigenvalue weighted by Crippen LogP contribution is 2.16. The summed E-state index contributed by atoms with van der Waals surface area (Å²) in [6.07, 6.45) is 5.33. The maximum absolute atomic E-state index is 6.18. The second-order valence-corrected chi connectivity index (χ2v) is 6.07. The molecule has 0 radical (unpaired) electrons. The molecule has 3 rings (SSSR count). The van der Waals surface area contributed by atoms with Crippen molar-refractivity contribution < 1.29 is 4.74 Å². The Bertz CT molecular complexity index is 862. The van der Waals surface area contributed by atoms with Gasteiger partial charge in [0, 0.05) is 24.4 Å². The van der Waals surface area contributed by atoms with Crippen LogP contribution >= 0.6 is 23.8 Å². The van der Waals surface area contributed by atoms with Crippen LogP contribution < -0.4 is 10.6 Å². The third kappa shape index (κ3) is 4.79. The minimum atomic E-state index is 0.383. The molecule has 0 bridgehead atoms. The lowest BCUT2D eigenvalue weighted by atomic mass is 10.2. The van der Waals surface area contributed by atoms with Gasteiger partial charge in [-0.15, -0.1) is 0 Å². The zero-order valence-corrected chi connectivity index (χ0v) is 15.1. The lowest BCUT2D eigenvalue weighted by molar-refractivity contribution is 0.120. The van der Waals surface area contributed by atoms with Gasteiger partial charge in [-0.05, 0) is 23.8 Å². The van der Waals surface area contributed by atoms with Crippen LogP contribution in [0.15, 0.2) is 48.9 Å². The first-order valence-electron chi connectivity index (χ1n) is 7.50. The van der Waals surface area contributed by atoms with E-state index in [0.29, 0.717) is 24.2 Å². The highest BCUT2D eigenvalue weighted by atomic mass is 35.5. The van der Waals surface area contributed by atoms with Crippen LogP contribution in [0.1, 0.15) is 5.56 Å². The number of nitrogens with zero attached hydrogens (tertiary/aromatic N) is 4. The molecule has 130 valence electrons. The van der Waals surface area contributed by atoms with E-state index >= 15 is 0 Å². The lowest BCUT2D eigenvalue weighted by Gasteiger charge is -2.07. The summed E-state index contributed by atoms with van der Waals surface area (Å²) in [5, 5.41) is 15.8. The van der Waals surface area contributed by atoms with E-state index in [2.05, 4.69) is 20.8 Å². The number of hydrogen-bond acceptors (Lipinski definition) is 4. The predicted molar refractivity (Wildman–Crippen MR) is 102 cm³/mol. The van der Waals surface area contributed by atoms with Crippen LogP contribution in [-0.2, 0) is 18.0 Å². The molecule has 0 aliphatic rings. The summed E-state index contributed by atoms with van der Waals surface area (Å²) in [6.45, 7) is 0.972. The average Bonchev–Trinajstić information content (AvgIpc) is 3.20. The first-order valence-corrected chi connectivity index (χ1v) is 8.29. The van der Waals surface area contributed by atoms with Crippen LogP contribution in [-0.4, -0.2) is 31.8 Å². The van der Waals surface area contributed by atoms with Gasteiger partial charge in [0.2, 0.25) is 0 Å². The van der Waals surface area contributed by atoms with Crippen LogP contribution in [0.2, 0.25) is 5.02 Å². The number of anilines is 2. The molecule has 0 saturated carbocycles. The van der Waals surface area contributed by atoms with Crippen LogP contribution in [0.5, 0.6) is 0 Å². The molecule has 7 nitrogen and oxygen atoms in total. The first kappa shape index (κ1) is 17.4. The fraction of sp³-hybridized carbons (Fsp3) is 0.188. The number of halogens is 1. The van der Waals surface area contributed by atoms with Crippen LogP contribution in [0.25, 0.3) is 0 Å². The minimum Gasteiger partial charge on any atom is -0.362 e. The Labute approximate surface area is 155 Å². The number of hydrogen-bond donors (Lipinski definition) is 2. The van der Waals surface area contributed by atoms with Crippen molar-refractivity contribution in [3.63, 3.8) is 0 Å². The molecule has 3 aromatic rings. The predicted octanol–water partition coefficient (Wildman–Crippen LogP) is 3.19. The molecule has 2 aromatic heterocycles. The van der Waals surface area contributed by atoms with E-state index in [1.165, 1.54) is 0 Å². The summed E-state index contributed by atoms with van der Waals surface area (Å²) in [4.78, 5) is 0. The number of rotatable bonds is 6. The van der Waals surface area contributed by atoms with E-state index in [9.17, 15) is 0 Å². The Balaban J connectivity index is 1.57. The van der Waals surface area contributed by atoms with E-state index < -0.39 is 0 Å². The molecule has 25 heavy (non-hydrogen) atoms. The summed E-state index contributed by atoms with van der Waals surface area (Å²) in [5.74, 6) is 0.647. The SMILES string of the molecule is COCn1cc(NC(=S)Nc2ccn(Cc3ccccc3Cl)n2)cn1. The molecule has 0 unspecified atom stereocenters. The van der Waals surface area contributed by atoms with E-state index in [1.54, 1.807) is 28.9 Å². The van der Waals surface area contributed by atoms with Gasteiger partial charge in [-0.1, -0.05) is 29.8 Å². The molecule has 2 N–H and O–H groups in total. The molecule has 2 heterocycles. The number of methoxy groups -OCH3 is 1. The Hall–Kier alpha value is -2.42. The van der Waals surface area contributed by atoms with Gasteiger partial charge in [-0.3, -0.25) is 4.68 Å². The normalized spacial score (nSPS) is 10.6. The van der Waals surface area contributed by atoms with Gasteiger partial charge in [0.25, 0.3) is 0 Å². The van der Waals surface area contributed by atoms with Crippen molar-refractivity contribution in [3.8, 4) is 0 Å². The molecule has 0 spiro atoms. The standard InChI is InChI=1S/C16H17ClN6OS/c1-24-11-23-10-13(8-18-23)19-16(25)20-15-6-7-22(21-15)9-12-4-2-3-5-14(12)17/h2-8,10H,9,11H2,1H3,(H2,19,20,21,25). The average molecular weight is 377 g/mol. The number of thiocarbonyl (C=S) groups is 1. The largest absolute Gasteiger partial charge is 0.362 e. The molecular weight excluding hydrogens is 360 g/mol. The van der Waals surface area contributed by atoms with Crippen molar-refractivity contribution in [3.05, 3.63) is 59.5 Å². The summed E-state index contributed by atoms with van der Waals surface area (Å²) in [7, 11) is 1.61. The fourth-order valence-corrected chi connectivity index (χ4v) is 2.65. The van der Waals surface area contributed by atoms with E-state index in [4.69, 9.17) is 28.6 Å². The summed E-state index contributed by atoms with van der Waals surface area (Å²) in [5.41, 5.74) is 1.77. The lowest BCUT2D eigenvalue weighted by Crippen LogP contribution is -2.19. The zero-order chi connectivity index (χ0) is 17.6. The third-order valence-corrected chi connectivity index (χ3v) is 3.90. The van der Waals surface area contributed by atoms with Crippen LogP contribution in [0, 0.1) is 0 Å². The number of ether oxygens (including phenoxy) is 1. The molecule has 1 aromatic carbocycles. The number of benzene rings is 1. The van der Waals surface area contributed by atoms with Gasteiger partial charge in [0.15, 0.2) is 10.9 Å². The first-order chi connectivity index (χ1) is 12.1. The summed E-state index contributed by atoms with van der Waals surface area (Å²) < 4.78 is 8.45.